The van der Waals surface area contributed by atoms with Crippen molar-refractivity contribution in [2.24, 2.45) is 0 Å². The molecule has 14 heavy (non-hydrogen) atoms. The van der Waals surface area contributed by atoms with Gasteiger partial charge in [0.1, 0.15) is 0 Å². The molecule has 0 aliphatic heterocycles. The van der Waals surface area contributed by atoms with Gasteiger partial charge in [0, 0.05) is 25.4 Å². The van der Waals surface area contributed by atoms with Crippen LogP contribution in [-0.4, -0.2) is 10.9 Å². The standard InChI is InChI=1S/C9H12N2O.C2H6/c1-7-3-4-9(5-10-7)6-11-8(2)12;1-2/h3-5H,6H2,1-2H3,(H,11,12);1-2H3. The molecule has 0 saturated heterocycles. The van der Waals surface area contributed by atoms with Crippen LogP contribution in [0.25, 0.3) is 0 Å². The molecule has 0 aromatic carbocycles. The number of amides is 1. The molecular formula is C11H18N2O. The third-order valence-electron chi connectivity index (χ3n) is 1.51. The lowest BCUT2D eigenvalue weighted by Crippen LogP contribution is -2.18. The molecule has 0 unspecified atom stereocenters. The van der Waals surface area contributed by atoms with E-state index in [1.165, 1.54) is 6.92 Å². The van der Waals surface area contributed by atoms with Crippen LogP contribution in [0.2, 0.25) is 0 Å². The van der Waals surface area contributed by atoms with E-state index in [9.17, 15) is 4.79 Å². The lowest BCUT2D eigenvalue weighted by atomic mass is 10.2. The van der Waals surface area contributed by atoms with Crippen LogP contribution >= 0.6 is 0 Å². The molecule has 1 heterocycles. The van der Waals surface area contributed by atoms with Crippen LogP contribution < -0.4 is 5.32 Å². The Morgan fingerprint density at radius 1 is 1.43 bits per heavy atom. The monoisotopic (exact) mass is 194 g/mol. The SMILES string of the molecule is CC.CC(=O)NCc1ccc(C)nc1. The minimum atomic E-state index is -0.0180. The van der Waals surface area contributed by atoms with Gasteiger partial charge in [-0.1, -0.05) is 19.9 Å². The van der Waals surface area contributed by atoms with E-state index in [0.717, 1.165) is 11.3 Å². The number of aromatic nitrogens is 1. The molecule has 1 N–H and O–H groups in total. The fourth-order valence-corrected chi connectivity index (χ4v) is 0.830. The second-order valence-electron chi connectivity index (χ2n) is 2.72. The summed E-state index contributed by atoms with van der Waals surface area (Å²) in [4.78, 5) is 14.7. The first-order chi connectivity index (χ1) is 6.68. The Morgan fingerprint density at radius 3 is 2.50 bits per heavy atom. The second-order valence-corrected chi connectivity index (χ2v) is 2.72. The molecule has 0 atom stereocenters. The first-order valence-electron chi connectivity index (χ1n) is 4.84. The molecule has 0 aliphatic rings. The highest BCUT2D eigenvalue weighted by Gasteiger charge is 1.93. The van der Waals surface area contributed by atoms with Crippen molar-refractivity contribution >= 4 is 5.91 Å². The maximum atomic E-state index is 10.6. The van der Waals surface area contributed by atoms with Crippen molar-refractivity contribution in [2.45, 2.75) is 34.2 Å². The zero-order chi connectivity index (χ0) is 11.0. The predicted molar refractivity (Wildman–Crippen MR) is 57.8 cm³/mol. The molecule has 0 fully saturated rings. The van der Waals surface area contributed by atoms with E-state index in [0.29, 0.717) is 6.54 Å². The van der Waals surface area contributed by atoms with E-state index in [1.54, 1.807) is 6.20 Å². The summed E-state index contributed by atoms with van der Waals surface area (Å²) in [6.07, 6.45) is 1.77. The molecule has 0 spiro atoms. The number of pyridine rings is 1. The van der Waals surface area contributed by atoms with E-state index in [-0.39, 0.29) is 5.91 Å². The average molecular weight is 194 g/mol. The van der Waals surface area contributed by atoms with Crippen molar-refractivity contribution in [1.29, 1.82) is 0 Å². The van der Waals surface area contributed by atoms with Gasteiger partial charge >= 0.3 is 0 Å². The number of nitrogens with zero attached hydrogens (tertiary/aromatic N) is 1. The smallest absolute Gasteiger partial charge is 0.217 e. The Morgan fingerprint density at radius 2 is 2.07 bits per heavy atom. The van der Waals surface area contributed by atoms with Crippen LogP contribution in [0.4, 0.5) is 0 Å². The minimum Gasteiger partial charge on any atom is -0.352 e. The number of hydrogen-bond donors (Lipinski definition) is 1. The highest BCUT2D eigenvalue weighted by atomic mass is 16.1. The van der Waals surface area contributed by atoms with Crippen LogP contribution in [0, 0.1) is 6.92 Å². The molecule has 1 rings (SSSR count). The van der Waals surface area contributed by atoms with Crippen molar-refractivity contribution in [3.63, 3.8) is 0 Å². The fraction of sp³-hybridized carbons (Fsp3) is 0.455. The van der Waals surface area contributed by atoms with Crippen LogP contribution in [0.3, 0.4) is 0 Å². The zero-order valence-electron chi connectivity index (χ0n) is 9.29. The molecule has 78 valence electrons. The van der Waals surface area contributed by atoms with Gasteiger partial charge in [0.25, 0.3) is 0 Å². The van der Waals surface area contributed by atoms with Gasteiger partial charge in [-0.15, -0.1) is 0 Å². The number of rotatable bonds is 2. The number of aryl methyl sites for hydroxylation is 1. The number of nitrogens with one attached hydrogen (secondary N) is 1. The number of hydrogen-bond acceptors (Lipinski definition) is 2. The molecule has 0 radical (unpaired) electrons. The van der Waals surface area contributed by atoms with Gasteiger partial charge in [-0.05, 0) is 18.6 Å². The highest BCUT2D eigenvalue weighted by Crippen LogP contribution is 1.97. The summed E-state index contributed by atoms with van der Waals surface area (Å²) in [6.45, 7) is 7.99. The number of carbonyl (C=O) groups is 1. The Balaban J connectivity index is 0.000000791. The third kappa shape index (κ3) is 5.30. The summed E-state index contributed by atoms with van der Waals surface area (Å²) in [6, 6.07) is 3.88. The highest BCUT2D eigenvalue weighted by molar-refractivity contribution is 5.72. The summed E-state index contributed by atoms with van der Waals surface area (Å²) in [5.41, 5.74) is 2.01. The maximum absolute atomic E-state index is 10.6. The Hall–Kier alpha value is -1.38. The van der Waals surface area contributed by atoms with Crippen molar-refractivity contribution in [1.82, 2.24) is 10.3 Å². The summed E-state index contributed by atoms with van der Waals surface area (Å²) < 4.78 is 0. The molecule has 3 nitrogen and oxygen atoms in total. The van der Waals surface area contributed by atoms with Crippen LogP contribution in [0.5, 0.6) is 0 Å². The van der Waals surface area contributed by atoms with Crippen molar-refractivity contribution in [3.8, 4) is 0 Å². The van der Waals surface area contributed by atoms with E-state index in [2.05, 4.69) is 10.3 Å². The van der Waals surface area contributed by atoms with Gasteiger partial charge in [-0.3, -0.25) is 9.78 Å². The Labute approximate surface area is 85.6 Å². The van der Waals surface area contributed by atoms with Crippen molar-refractivity contribution in [2.75, 3.05) is 0 Å². The molecule has 0 saturated carbocycles. The lowest BCUT2D eigenvalue weighted by molar-refractivity contribution is -0.119. The third-order valence-corrected chi connectivity index (χ3v) is 1.51. The zero-order valence-corrected chi connectivity index (χ0v) is 9.29. The largest absolute Gasteiger partial charge is 0.352 e. The van der Waals surface area contributed by atoms with Gasteiger partial charge in [0.15, 0.2) is 0 Å². The molecule has 1 aromatic rings. The van der Waals surface area contributed by atoms with Gasteiger partial charge < -0.3 is 5.32 Å². The first-order valence-corrected chi connectivity index (χ1v) is 4.84. The predicted octanol–water partition coefficient (Wildman–Crippen LogP) is 2.05. The Kier molecular flexibility index (Phi) is 6.37. The second kappa shape index (κ2) is 7.06. The Bertz CT molecular complexity index is 267. The number of carbonyl (C=O) groups excluding carboxylic acids is 1. The van der Waals surface area contributed by atoms with Crippen molar-refractivity contribution in [3.05, 3.63) is 29.6 Å². The van der Waals surface area contributed by atoms with Gasteiger partial charge in [-0.2, -0.15) is 0 Å². The summed E-state index contributed by atoms with van der Waals surface area (Å²) >= 11 is 0. The van der Waals surface area contributed by atoms with Crippen LogP contribution in [0.1, 0.15) is 32.0 Å². The average Bonchev–Trinajstić information content (AvgIpc) is 2.20. The molecule has 3 heteroatoms. The fourth-order valence-electron chi connectivity index (χ4n) is 0.830. The van der Waals surface area contributed by atoms with E-state index < -0.39 is 0 Å². The molecule has 1 aromatic heterocycles. The maximum Gasteiger partial charge on any atom is 0.217 e. The summed E-state index contributed by atoms with van der Waals surface area (Å²) in [5, 5.41) is 2.70. The molecule has 0 aliphatic carbocycles. The minimum absolute atomic E-state index is 0.0180. The van der Waals surface area contributed by atoms with Crippen molar-refractivity contribution < 1.29 is 4.79 Å². The van der Waals surface area contributed by atoms with Crippen LogP contribution in [-0.2, 0) is 11.3 Å². The van der Waals surface area contributed by atoms with Gasteiger partial charge in [-0.25, -0.2) is 0 Å². The quantitative estimate of drug-likeness (QED) is 0.783. The lowest BCUT2D eigenvalue weighted by Gasteiger charge is -2.01. The van der Waals surface area contributed by atoms with E-state index >= 15 is 0 Å². The normalized spacial score (nSPS) is 8.57. The van der Waals surface area contributed by atoms with Gasteiger partial charge in [0.05, 0.1) is 0 Å². The molecular weight excluding hydrogens is 176 g/mol. The first kappa shape index (κ1) is 12.6. The van der Waals surface area contributed by atoms with E-state index in [4.69, 9.17) is 0 Å². The topological polar surface area (TPSA) is 42.0 Å². The summed E-state index contributed by atoms with van der Waals surface area (Å²) in [7, 11) is 0. The van der Waals surface area contributed by atoms with Crippen LogP contribution in [0.15, 0.2) is 18.3 Å². The van der Waals surface area contributed by atoms with Gasteiger partial charge in [0.2, 0.25) is 5.91 Å². The molecule has 1 amide bonds. The summed E-state index contributed by atoms with van der Waals surface area (Å²) in [5.74, 6) is -0.0180. The van der Waals surface area contributed by atoms with E-state index in [1.807, 2.05) is 32.9 Å². The molecule has 0 bridgehead atoms.